The van der Waals surface area contributed by atoms with Crippen LogP contribution in [0.25, 0.3) is 5.69 Å². The Kier molecular flexibility index (Phi) is 3.96. The zero-order valence-electron chi connectivity index (χ0n) is 11.0. The van der Waals surface area contributed by atoms with Crippen molar-refractivity contribution in [3.63, 3.8) is 0 Å². The van der Waals surface area contributed by atoms with Crippen molar-refractivity contribution in [3.8, 4) is 5.69 Å². The van der Waals surface area contributed by atoms with E-state index >= 15 is 0 Å². The number of rotatable bonds is 4. The molecule has 0 atom stereocenters. The van der Waals surface area contributed by atoms with E-state index in [9.17, 15) is 13.2 Å². The van der Waals surface area contributed by atoms with Gasteiger partial charge in [0.2, 0.25) is 0 Å². The monoisotopic (exact) mass is 407 g/mol. The van der Waals surface area contributed by atoms with E-state index in [1.165, 1.54) is 23.0 Å². The molecule has 0 amide bonds. The zero-order chi connectivity index (χ0) is 15.0. The average molecular weight is 407 g/mol. The van der Waals surface area contributed by atoms with E-state index in [1.807, 2.05) is 22.6 Å². The van der Waals surface area contributed by atoms with Crippen LogP contribution in [0.2, 0.25) is 0 Å². The highest BCUT2D eigenvalue weighted by molar-refractivity contribution is 14.1. The predicted octanol–water partition coefficient (Wildman–Crippen LogP) is 3.75. The molecule has 0 unspecified atom stereocenters. The lowest BCUT2D eigenvalue weighted by atomic mass is 10.1. The number of nitrogens with one attached hydrogen (secondary N) is 1. The molecule has 1 aromatic carbocycles. The van der Waals surface area contributed by atoms with Crippen LogP contribution in [0.3, 0.4) is 0 Å². The summed E-state index contributed by atoms with van der Waals surface area (Å²) in [6.07, 6.45) is 0.921. The van der Waals surface area contributed by atoms with E-state index in [-0.39, 0.29) is 5.69 Å². The molecule has 1 heterocycles. The molecule has 1 aliphatic rings. The number of hydrogen-bond donors (Lipinski definition) is 1. The Balaban J connectivity index is 1.94. The minimum absolute atomic E-state index is 0.0561. The molecule has 21 heavy (non-hydrogen) atoms. The molecular weight excluding hydrogens is 394 g/mol. The number of halogens is 4. The summed E-state index contributed by atoms with van der Waals surface area (Å²) in [5, 5.41) is 7.19. The summed E-state index contributed by atoms with van der Waals surface area (Å²) >= 11 is 2.02. The predicted molar refractivity (Wildman–Crippen MR) is 81.1 cm³/mol. The van der Waals surface area contributed by atoms with E-state index in [4.69, 9.17) is 0 Å². The summed E-state index contributed by atoms with van der Waals surface area (Å²) in [6.45, 7) is 0.463. The van der Waals surface area contributed by atoms with Gasteiger partial charge in [-0.2, -0.15) is 18.3 Å². The van der Waals surface area contributed by atoms with Crippen molar-refractivity contribution >= 4 is 22.6 Å². The SMILES string of the molecule is FC(F)(F)c1cc(CNC2CC2)ccc1-n1cc(I)cn1. The first-order chi connectivity index (χ1) is 9.93. The van der Waals surface area contributed by atoms with Crippen LogP contribution in [-0.4, -0.2) is 15.8 Å². The average Bonchev–Trinajstić information content (AvgIpc) is 3.16. The summed E-state index contributed by atoms with van der Waals surface area (Å²) in [4.78, 5) is 0. The van der Waals surface area contributed by atoms with Crippen LogP contribution in [0.1, 0.15) is 24.0 Å². The third-order valence-corrected chi connectivity index (χ3v) is 3.89. The lowest BCUT2D eigenvalue weighted by Crippen LogP contribution is -2.17. The standard InChI is InChI=1S/C14H13F3IN3/c15-14(16,17)12-5-9(6-19-11-2-3-11)1-4-13(12)21-8-10(18)7-20-21/h1,4-5,7-8,11,19H,2-3,6H2. The van der Waals surface area contributed by atoms with Gasteiger partial charge in [0.1, 0.15) is 0 Å². The fourth-order valence-electron chi connectivity index (χ4n) is 2.10. The molecule has 3 rings (SSSR count). The van der Waals surface area contributed by atoms with E-state index in [2.05, 4.69) is 10.4 Å². The van der Waals surface area contributed by atoms with Gasteiger partial charge in [0.25, 0.3) is 0 Å². The maximum atomic E-state index is 13.3. The summed E-state index contributed by atoms with van der Waals surface area (Å²) in [6, 6.07) is 4.87. The van der Waals surface area contributed by atoms with Crippen LogP contribution in [-0.2, 0) is 12.7 Å². The van der Waals surface area contributed by atoms with Crippen LogP contribution < -0.4 is 5.32 Å². The molecule has 1 saturated carbocycles. The third-order valence-electron chi connectivity index (χ3n) is 3.34. The van der Waals surface area contributed by atoms with Crippen LogP contribution in [0.4, 0.5) is 13.2 Å². The van der Waals surface area contributed by atoms with Gasteiger partial charge in [-0.05, 0) is 53.1 Å². The molecule has 0 aliphatic heterocycles. The Morgan fingerprint density at radius 2 is 2.10 bits per heavy atom. The molecule has 7 heteroatoms. The topological polar surface area (TPSA) is 29.9 Å². The minimum Gasteiger partial charge on any atom is -0.310 e. The molecule has 1 N–H and O–H groups in total. The quantitative estimate of drug-likeness (QED) is 0.783. The number of benzene rings is 1. The van der Waals surface area contributed by atoms with Crippen LogP contribution >= 0.6 is 22.6 Å². The van der Waals surface area contributed by atoms with Gasteiger partial charge in [-0.25, -0.2) is 4.68 Å². The van der Waals surface area contributed by atoms with Crippen molar-refractivity contribution in [2.45, 2.75) is 31.6 Å². The Morgan fingerprint density at radius 3 is 2.67 bits per heavy atom. The normalized spacial score (nSPS) is 15.4. The Hall–Kier alpha value is -1.09. The number of hydrogen-bond acceptors (Lipinski definition) is 2. The lowest BCUT2D eigenvalue weighted by molar-refractivity contribution is -0.137. The fraction of sp³-hybridized carbons (Fsp3) is 0.357. The summed E-state index contributed by atoms with van der Waals surface area (Å²) in [5.41, 5.74) is 0.0394. The van der Waals surface area contributed by atoms with Crippen molar-refractivity contribution in [1.82, 2.24) is 15.1 Å². The second-order valence-corrected chi connectivity index (χ2v) is 6.35. The van der Waals surface area contributed by atoms with Crippen LogP contribution in [0.15, 0.2) is 30.6 Å². The molecule has 1 aromatic heterocycles. The van der Waals surface area contributed by atoms with E-state index in [0.29, 0.717) is 18.2 Å². The molecule has 1 aliphatic carbocycles. The van der Waals surface area contributed by atoms with Gasteiger partial charge in [0, 0.05) is 18.8 Å². The molecule has 0 bridgehead atoms. The van der Waals surface area contributed by atoms with Gasteiger partial charge in [0.05, 0.1) is 21.0 Å². The van der Waals surface area contributed by atoms with Crippen molar-refractivity contribution < 1.29 is 13.2 Å². The van der Waals surface area contributed by atoms with Crippen molar-refractivity contribution in [2.24, 2.45) is 0 Å². The third kappa shape index (κ3) is 3.57. The molecule has 0 spiro atoms. The maximum Gasteiger partial charge on any atom is 0.418 e. The molecule has 1 fully saturated rings. The van der Waals surface area contributed by atoms with Crippen LogP contribution in [0, 0.1) is 3.57 Å². The minimum atomic E-state index is -4.40. The van der Waals surface area contributed by atoms with Crippen molar-refractivity contribution in [2.75, 3.05) is 0 Å². The zero-order valence-corrected chi connectivity index (χ0v) is 13.1. The number of aromatic nitrogens is 2. The molecule has 2 aromatic rings. The van der Waals surface area contributed by atoms with Gasteiger partial charge in [-0.1, -0.05) is 6.07 Å². The first-order valence-electron chi connectivity index (χ1n) is 6.57. The van der Waals surface area contributed by atoms with E-state index in [1.54, 1.807) is 12.3 Å². The first-order valence-corrected chi connectivity index (χ1v) is 7.65. The summed E-state index contributed by atoms with van der Waals surface area (Å²) in [5.74, 6) is 0. The number of nitrogens with zero attached hydrogens (tertiary/aromatic N) is 2. The van der Waals surface area contributed by atoms with E-state index < -0.39 is 11.7 Å². The largest absolute Gasteiger partial charge is 0.418 e. The van der Waals surface area contributed by atoms with Gasteiger partial charge in [0.15, 0.2) is 0 Å². The molecular formula is C14H13F3IN3. The smallest absolute Gasteiger partial charge is 0.310 e. The lowest BCUT2D eigenvalue weighted by Gasteiger charge is -2.15. The Morgan fingerprint density at radius 1 is 1.33 bits per heavy atom. The van der Waals surface area contributed by atoms with Gasteiger partial charge >= 0.3 is 6.18 Å². The molecule has 0 radical (unpaired) electrons. The van der Waals surface area contributed by atoms with E-state index in [0.717, 1.165) is 16.4 Å². The second kappa shape index (κ2) is 5.60. The van der Waals surface area contributed by atoms with Crippen molar-refractivity contribution in [3.05, 3.63) is 45.3 Å². The molecule has 112 valence electrons. The Labute approximate surface area is 133 Å². The van der Waals surface area contributed by atoms with Gasteiger partial charge < -0.3 is 5.32 Å². The van der Waals surface area contributed by atoms with Gasteiger partial charge in [-0.3, -0.25) is 0 Å². The summed E-state index contributed by atoms with van der Waals surface area (Å²) < 4.78 is 41.9. The second-order valence-electron chi connectivity index (χ2n) is 5.11. The first kappa shape index (κ1) is 14.8. The highest BCUT2D eigenvalue weighted by Gasteiger charge is 2.34. The number of alkyl halides is 3. The van der Waals surface area contributed by atoms with Crippen LogP contribution in [0.5, 0.6) is 0 Å². The molecule has 3 nitrogen and oxygen atoms in total. The fourth-order valence-corrected chi connectivity index (χ4v) is 2.49. The highest BCUT2D eigenvalue weighted by atomic mass is 127. The van der Waals surface area contributed by atoms with Crippen molar-refractivity contribution in [1.29, 1.82) is 0 Å². The Bertz CT molecular complexity index is 647. The summed E-state index contributed by atoms with van der Waals surface area (Å²) in [7, 11) is 0. The maximum absolute atomic E-state index is 13.3. The molecule has 0 saturated heterocycles. The highest BCUT2D eigenvalue weighted by Crippen LogP contribution is 2.34. The van der Waals surface area contributed by atoms with Gasteiger partial charge in [-0.15, -0.1) is 0 Å².